The smallest absolute Gasteiger partial charge is 0.315 e. The van der Waals surface area contributed by atoms with E-state index in [0.29, 0.717) is 6.42 Å². The first-order valence-corrected chi connectivity index (χ1v) is 6.81. The van der Waals surface area contributed by atoms with Crippen molar-refractivity contribution >= 4 is 24.7 Å². The second kappa shape index (κ2) is 7.31. The first kappa shape index (κ1) is 15.7. The Labute approximate surface area is 113 Å². The number of nitrogens with one attached hydrogen (secondary N) is 2. The van der Waals surface area contributed by atoms with Crippen LogP contribution in [-0.2, 0) is 9.13 Å². The van der Waals surface area contributed by atoms with Crippen molar-refractivity contribution < 1.29 is 19.0 Å². The monoisotopic (exact) mass is 302 g/mol. The molecule has 0 aliphatic heterocycles. The van der Waals surface area contributed by atoms with Gasteiger partial charge in [0.25, 0.3) is 5.69 Å². The number of benzene rings is 1. The van der Waals surface area contributed by atoms with Gasteiger partial charge >= 0.3 is 13.4 Å². The Morgan fingerprint density at radius 2 is 1.85 bits per heavy atom. The highest BCUT2D eigenvalue weighted by atomic mass is 31.1. The van der Waals surface area contributed by atoms with Crippen LogP contribution >= 0.6 is 7.68 Å². The van der Waals surface area contributed by atoms with Gasteiger partial charge in [0.05, 0.1) is 22.1 Å². The van der Waals surface area contributed by atoms with E-state index in [2.05, 4.69) is 10.9 Å². The molecule has 0 atom stereocenters. The third-order valence-electron chi connectivity index (χ3n) is 2.25. The van der Waals surface area contributed by atoms with Crippen molar-refractivity contribution in [3.8, 4) is 0 Å². The molecule has 0 aliphatic carbocycles. The molecule has 1 aromatic rings. The standard InChI is InChI=1S/C9H11N4O6P/c14-12(15)7-2-3-8(9(6-7)13(16)17)11-10-4-1-5-20(18)19/h2-3,6,10-11H,1,4-5H2. The Morgan fingerprint density at radius 1 is 1.15 bits per heavy atom. The second-order valence-electron chi connectivity index (χ2n) is 3.68. The van der Waals surface area contributed by atoms with E-state index in [1.165, 1.54) is 6.07 Å². The summed E-state index contributed by atoms with van der Waals surface area (Å²) in [5, 5.41) is 21.3. The zero-order valence-corrected chi connectivity index (χ0v) is 11.0. The molecule has 0 aromatic heterocycles. The maximum atomic E-state index is 10.8. The summed E-state index contributed by atoms with van der Waals surface area (Å²) in [4.78, 5) is 19.9. The van der Waals surface area contributed by atoms with Gasteiger partial charge in [-0.1, -0.05) is 0 Å². The molecule has 1 aromatic carbocycles. The molecule has 0 heterocycles. The molecule has 0 spiro atoms. The van der Waals surface area contributed by atoms with Crippen molar-refractivity contribution in [2.24, 2.45) is 0 Å². The van der Waals surface area contributed by atoms with E-state index in [0.717, 1.165) is 12.1 Å². The molecule has 0 saturated carbocycles. The lowest BCUT2D eigenvalue weighted by Crippen LogP contribution is -2.23. The molecule has 0 saturated heterocycles. The fourth-order valence-corrected chi connectivity index (χ4v) is 1.76. The van der Waals surface area contributed by atoms with Crippen molar-refractivity contribution in [3.05, 3.63) is 38.4 Å². The maximum Gasteiger partial charge on any atom is 0.315 e. The molecule has 0 amide bonds. The summed E-state index contributed by atoms with van der Waals surface area (Å²) < 4.78 is 20.6. The lowest BCUT2D eigenvalue weighted by Gasteiger charge is -2.07. The van der Waals surface area contributed by atoms with E-state index in [1.807, 2.05) is 0 Å². The number of hydrogen-bond acceptors (Lipinski definition) is 8. The quantitative estimate of drug-likeness (QED) is 0.321. The SMILES string of the molecule is O=[N+]([O-])c1ccc(NNCCCP(=O)=O)c([N+](=O)[O-])c1. The molecule has 1 rings (SSSR count). The Balaban J connectivity index is 2.69. The van der Waals surface area contributed by atoms with Crippen LogP contribution in [0.1, 0.15) is 6.42 Å². The molecule has 10 nitrogen and oxygen atoms in total. The fourth-order valence-electron chi connectivity index (χ4n) is 1.34. The van der Waals surface area contributed by atoms with Gasteiger partial charge in [0.2, 0.25) is 0 Å². The molecule has 11 heteroatoms. The Morgan fingerprint density at radius 3 is 2.40 bits per heavy atom. The summed E-state index contributed by atoms with van der Waals surface area (Å²) in [6.45, 7) is 0.275. The average molecular weight is 302 g/mol. The summed E-state index contributed by atoms with van der Waals surface area (Å²) in [5.41, 5.74) is 4.37. The van der Waals surface area contributed by atoms with Gasteiger partial charge < -0.3 is 5.43 Å². The number of hydrazine groups is 1. The summed E-state index contributed by atoms with van der Waals surface area (Å²) in [6.07, 6.45) is 0.346. The topological polar surface area (TPSA) is 144 Å². The van der Waals surface area contributed by atoms with Gasteiger partial charge in [-0.25, -0.2) is 14.6 Å². The second-order valence-corrected chi connectivity index (χ2v) is 4.79. The molecular formula is C9H11N4O6P. The van der Waals surface area contributed by atoms with Crippen molar-refractivity contribution in [1.82, 2.24) is 5.43 Å². The first-order valence-electron chi connectivity index (χ1n) is 5.45. The van der Waals surface area contributed by atoms with E-state index < -0.39 is 23.2 Å². The Bertz CT molecular complexity index is 580. The van der Waals surface area contributed by atoms with Gasteiger partial charge in [-0.3, -0.25) is 20.2 Å². The molecule has 20 heavy (non-hydrogen) atoms. The third kappa shape index (κ3) is 4.75. The lowest BCUT2D eigenvalue weighted by molar-refractivity contribution is -0.393. The van der Waals surface area contributed by atoms with Crippen LogP contribution in [0.3, 0.4) is 0 Å². The van der Waals surface area contributed by atoms with Crippen molar-refractivity contribution in [3.63, 3.8) is 0 Å². The normalized spacial score (nSPS) is 10.0. The first-order chi connectivity index (χ1) is 9.41. The zero-order valence-electron chi connectivity index (χ0n) is 10.1. The van der Waals surface area contributed by atoms with Crippen LogP contribution in [0.2, 0.25) is 0 Å². The minimum Gasteiger partial charge on any atom is -0.316 e. The van der Waals surface area contributed by atoms with E-state index in [4.69, 9.17) is 0 Å². The highest BCUT2D eigenvalue weighted by Gasteiger charge is 2.18. The number of hydrogen-bond donors (Lipinski definition) is 2. The van der Waals surface area contributed by atoms with Crippen molar-refractivity contribution in [2.75, 3.05) is 18.1 Å². The van der Waals surface area contributed by atoms with Gasteiger partial charge in [-0.2, -0.15) is 0 Å². The molecule has 0 fully saturated rings. The molecule has 0 radical (unpaired) electrons. The molecule has 0 unspecified atom stereocenters. The summed E-state index contributed by atoms with van der Waals surface area (Å²) >= 11 is 0. The molecule has 2 N–H and O–H groups in total. The molecule has 0 aliphatic rings. The molecule has 0 bridgehead atoms. The number of non-ortho nitro benzene ring substituents is 1. The lowest BCUT2D eigenvalue weighted by atomic mass is 10.2. The number of nitro benzene ring substituents is 2. The van der Waals surface area contributed by atoms with Crippen LogP contribution in [0.15, 0.2) is 18.2 Å². The highest BCUT2D eigenvalue weighted by molar-refractivity contribution is 7.30. The average Bonchev–Trinajstić information content (AvgIpc) is 2.37. The number of anilines is 1. The number of rotatable bonds is 8. The van der Waals surface area contributed by atoms with Crippen molar-refractivity contribution in [1.29, 1.82) is 0 Å². The minimum atomic E-state index is -2.45. The number of nitro groups is 2. The predicted octanol–water partition coefficient (Wildman–Crippen LogP) is 1.98. The van der Waals surface area contributed by atoms with Crippen LogP contribution in [0.4, 0.5) is 17.1 Å². The maximum absolute atomic E-state index is 10.8. The van der Waals surface area contributed by atoms with Gasteiger partial charge in [-0.05, 0) is 12.5 Å². The van der Waals surface area contributed by atoms with E-state index in [1.54, 1.807) is 0 Å². The molecule has 108 valence electrons. The zero-order chi connectivity index (χ0) is 15.1. The van der Waals surface area contributed by atoms with Crippen LogP contribution in [-0.4, -0.2) is 22.6 Å². The number of nitrogens with zero attached hydrogens (tertiary/aromatic N) is 2. The van der Waals surface area contributed by atoms with Crippen LogP contribution in [0, 0.1) is 20.2 Å². The largest absolute Gasteiger partial charge is 0.316 e. The van der Waals surface area contributed by atoms with E-state index >= 15 is 0 Å². The van der Waals surface area contributed by atoms with E-state index in [-0.39, 0.29) is 24.1 Å². The minimum absolute atomic E-state index is 0.00632. The summed E-state index contributed by atoms with van der Waals surface area (Å²) in [6, 6.07) is 3.18. The van der Waals surface area contributed by atoms with Crippen LogP contribution in [0.25, 0.3) is 0 Å². The summed E-state index contributed by atoms with van der Waals surface area (Å²) in [5.74, 6) is 0. The Hall–Kier alpha value is -2.32. The Kier molecular flexibility index (Phi) is 5.75. The van der Waals surface area contributed by atoms with E-state index in [9.17, 15) is 29.4 Å². The van der Waals surface area contributed by atoms with Gasteiger partial charge in [0.15, 0.2) is 0 Å². The van der Waals surface area contributed by atoms with Crippen LogP contribution < -0.4 is 10.9 Å². The van der Waals surface area contributed by atoms with Crippen LogP contribution in [0.5, 0.6) is 0 Å². The van der Waals surface area contributed by atoms with Gasteiger partial charge in [0, 0.05) is 12.6 Å². The fraction of sp³-hybridized carbons (Fsp3) is 0.333. The molecular weight excluding hydrogens is 291 g/mol. The third-order valence-corrected chi connectivity index (χ3v) is 2.94. The van der Waals surface area contributed by atoms with Crippen molar-refractivity contribution in [2.45, 2.75) is 6.42 Å². The van der Waals surface area contributed by atoms with Gasteiger partial charge in [0.1, 0.15) is 5.69 Å². The highest BCUT2D eigenvalue weighted by Crippen LogP contribution is 2.28. The summed E-state index contributed by atoms with van der Waals surface area (Å²) in [7, 11) is -2.45. The van der Waals surface area contributed by atoms with Gasteiger partial charge in [-0.15, -0.1) is 0 Å². The predicted molar refractivity (Wildman–Crippen MR) is 69.2 cm³/mol.